The summed E-state index contributed by atoms with van der Waals surface area (Å²) in [5, 5.41) is 12.5. The number of rotatable bonds is 7. The van der Waals surface area contributed by atoms with Crippen molar-refractivity contribution in [2.75, 3.05) is 33.8 Å². The molecule has 22 heavy (non-hydrogen) atoms. The molecule has 0 aromatic heterocycles. The fraction of sp³-hybridized carbons (Fsp3) is 0.500. The fourth-order valence-electron chi connectivity index (χ4n) is 1.69. The maximum Gasteiger partial charge on any atom is 0.416 e. The van der Waals surface area contributed by atoms with E-state index < -0.39 is 17.8 Å². The van der Waals surface area contributed by atoms with Crippen molar-refractivity contribution in [2.24, 2.45) is 0 Å². The van der Waals surface area contributed by atoms with Crippen molar-refractivity contribution in [1.82, 2.24) is 10.2 Å². The molecule has 1 aromatic rings. The lowest BCUT2D eigenvalue weighted by molar-refractivity contribution is -0.137. The standard InChI is InChI=1S/C14H19F3N2O3/c1-18-7-13(21)19(2)8-11(20)9-22-12-5-3-10(4-6-12)14(15,16)17/h3-6,11,18,20H,7-9H2,1-2H3. The monoisotopic (exact) mass is 320 g/mol. The second kappa shape index (κ2) is 8.00. The Balaban J connectivity index is 2.44. The molecule has 0 aliphatic carbocycles. The zero-order valence-electron chi connectivity index (χ0n) is 12.4. The number of halogens is 3. The van der Waals surface area contributed by atoms with E-state index >= 15 is 0 Å². The number of nitrogens with one attached hydrogen (secondary N) is 1. The number of aliphatic hydroxyl groups is 1. The van der Waals surface area contributed by atoms with Crippen LogP contribution in [0.2, 0.25) is 0 Å². The molecule has 1 unspecified atom stereocenters. The Morgan fingerprint density at radius 2 is 1.95 bits per heavy atom. The minimum absolute atomic E-state index is 0.0706. The maximum atomic E-state index is 12.4. The van der Waals surface area contributed by atoms with Gasteiger partial charge in [0.25, 0.3) is 0 Å². The molecule has 0 spiro atoms. The summed E-state index contributed by atoms with van der Waals surface area (Å²) in [7, 11) is 3.18. The summed E-state index contributed by atoms with van der Waals surface area (Å²) in [5.74, 6) is 0.0346. The number of hydrogen-bond acceptors (Lipinski definition) is 4. The zero-order chi connectivity index (χ0) is 16.8. The molecular weight excluding hydrogens is 301 g/mol. The Morgan fingerprint density at radius 3 is 2.45 bits per heavy atom. The van der Waals surface area contributed by atoms with Gasteiger partial charge in [-0.05, 0) is 31.3 Å². The van der Waals surface area contributed by atoms with Crippen molar-refractivity contribution in [1.29, 1.82) is 0 Å². The lowest BCUT2D eigenvalue weighted by Crippen LogP contribution is -2.40. The fourth-order valence-corrected chi connectivity index (χ4v) is 1.69. The van der Waals surface area contributed by atoms with Gasteiger partial charge in [-0.1, -0.05) is 0 Å². The molecule has 0 saturated carbocycles. The first-order valence-corrected chi connectivity index (χ1v) is 6.60. The van der Waals surface area contributed by atoms with Crippen molar-refractivity contribution in [3.8, 4) is 5.75 Å². The molecule has 0 bridgehead atoms. The number of nitrogens with zero attached hydrogens (tertiary/aromatic N) is 1. The lowest BCUT2D eigenvalue weighted by Gasteiger charge is -2.21. The Morgan fingerprint density at radius 1 is 1.36 bits per heavy atom. The van der Waals surface area contributed by atoms with E-state index in [4.69, 9.17) is 4.74 Å². The van der Waals surface area contributed by atoms with Gasteiger partial charge in [-0.25, -0.2) is 0 Å². The number of hydrogen-bond donors (Lipinski definition) is 2. The lowest BCUT2D eigenvalue weighted by atomic mass is 10.2. The number of aliphatic hydroxyl groups excluding tert-OH is 1. The smallest absolute Gasteiger partial charge is 0.416 e. The Hall–Kier alpha value is -1.80. The molecule has 1 amide bonds. The molecule has 1 atom stereocenters. The van der Waals surface area contributed by atoms with Gasteiger partial charge >= 0.3 is 6.18 Å². The predicted molar refractivity (Wildman–Crippen MR) is 74.5 cm³/mol. The van der Waals surface area contributed by atoms with E-state index in [2.05, 4.69) is 5.32 Å². The first kappa shape index (κ1) is 18.2. The first-order valence-electron chi connectivity index (χ1n) is 6.60. The molecule has 0 fully saturated rings. The highest BCUT2D eigenvalue weighted by molar-refractivity contribution is 5.77. The minimum Gasteiger partial charge on any atom is -0.491 e. The van der Waals surface area contributed by atoms with Gasteiger partial charge in [0, 0.05) is 13.6 Å². The number of carbonyl (C=O) groups excluding carboxylic acids is 1. The number of carbonyl (C=O) groups is 1. The Labute approximate surface area is 126 Å². The van der Waals surface area contributed by atoms with Gasteiger partial charge in [-0.2, -0.15) is 13.2 Å². The quantitative estimate of drug-likeness (QED) is 0.790. The van der Waals surface area contributed by atoms with E-state index in [1.807, 2.05) is 0 Å². The summed E-state index contributed by atoms with van der Waals surface area (Å²) < 4.78 is 42.4. The molecule has 1 rings (SSSR count). The van der Waals surface area contributed by atoms with Crippen LogP contribution in [-0.4, -0.2) is 55.8 Å². The average molecular weight is 320 g/mol. The van der Waals surface area contributed by atoms with Crippen molar-refractivity contribution in [3.63, 3.8) is 0 Å². The van der Waals surface area contributed by atoms with Gasteiger partial charge in [0.05, 0.1) is 12.1 Å². The van der Waals surface area contributed by atoms with Crippen LogP contribution >= 0.6 is 0 Å². The second-order valence-corrected chi connectivity index (χ2v) is 4.79. The highest BCUT2D eigenvalue weighted by Crippen LogP contribution is 2.30. The van der Waals surface area contributed by atoms with E-state index in [0.29, 0.717) is 0 Å². The number of ether oxygens (including phenoxy) is 1. The average Bonchev–Trinajstić information content (AvgIpc) is 2.45. The van der Waals surface area contributed by atoms with Crippen LogP contribution in [0.5, 0.6) is 5.75 Å². The molecular formula is C14H19F3N2O3. The third-order valence-corrected chi connectivity index (χ3v) is 2.86. The van der Waals surface area contributed by atoms with E-state index in [1.165, 1.54) is 17.0 Å². The van der Waals surface area contributed by atoms with Gasteiger partial charge in [-0.3, -0.25) is 4.79 Å². The van der Waals surface area contributed by atoms with Crippen LogP contribution in [0, 0.1) is 0 Å². The number of likely N-dealkylation sites (N-methyl/N-ethyl adjacent to an activating group) is 2. The largest absolute Gasteiger partial charge is 0.491 e. The third kappa shape index (κ3) is 5.90. The van der Waals surface area contributed by atoms with E-state index in [1.54, 1.807) is 14.1 Å². The summed E-state index contributed by atoms with van der Waals surface area (Å²) >= 11 is 0. The van der Waals surface area contributed by atoms with E-state index in [0.717, 1.165) is 12.1 Å². The van der Waals surface area contributed by atoms with Crippen LogP contribution in [0.3, 0.4) is 0 Å². The van der Waals surface area contributed by atoms with Crippen LogP contribution in [0.4, 0.5) is 13.2 Å². The van der Waals surface area contributed by atoms with E-state index in [-0.39, 0.29) is 31.4 Å². The van der Waals surface area contributed by atoms with Crippen LogP contribution in [0.1, 0.15) is 5.56 Å². The topological polar surface area (TPSA) is 61.8 Å². The number of alkyl halides is 3. The highest BCUT2D eigenvalue weighted by Gasteiger charge is 2.30. The van der Waals surface area contributed by atoms with Gasteiger partial charge in [0.15, 0.2) is 0 Å². The summed E-state index contributed by atoms with van der Waals surface area (Å²) in [5.41, 5.74) is -0.766. The molecule has 0 saturated heterocycles. The van der Waals surface area contributed by atoms with Crippen molar-refractivity contribution < 1.29 is 27.8 Å². The number of benzene rings is 1. The summed E-state index contributed by atoms with van der Waals surface area (Å²) in [6.07, 6.45) is -5.33. The third-order valence-electron chi connectivity index (χ3n) is 2.86. The van der Waals surface area contributed by atoms with E-state index in [9.17, 15) is 23.1 Å². The SMILES string of the molecule is CNCC(=O)N(C)CC(O)COc1ccc(C(F)(F)F)cc1. The van der Waals surface area contributed by atoms with Crippen LogP contribution in [0.15, 0.2) is 24.3 Å². The second-order valence-electron chi connectivity index (χ2n) is 4.79. The van der Waals surface area contributed by atoms with Crippen molar-refractivity contribution in [2.45, 2.75) is 12.3 Å². The summed E-state index contributed by atoms with van der Waals surface area (Å²) in [6, 6.07) is 4.19. The molecule has 2 N–H and O–H groups in total. The molecule has 5 nitrogen and oxygen atoms in total. The summed E-state index contributed by atoms with van der Waals surface area (Å²) in [6.45, 7) is 0.104. The molecule has 0 aliphatic rings. The Kier molecular flexibility index (Phi) is 6.63. The van der Waals surface area contributed by atoms with Gasteiger partial charge in [-0.15, -0.1) is 0 Å². The van der Waals surface area contributed by atoms with Gasteiger partial charge in [0.2, 0.25) is 5.91 Å². The van der Waals surface area contributed by atoms with Crippen LogP contribution in [0.25, 0.3) is 0 Å². The van der Waals surface area contributed by atoms with Crippen molar-refractivity contribution >= 4 is 5.91 Å². The summed E-state index contributed by atoms with van der Waals surface area (Å²) in [4.78, 5) is 12.8. The molecule has 1 aromatic carbocycles. The predicted octanol–water partition coefficient (Wildman–Crippen LogP) is 1.12. The van der Waals surface area contributed by atoms with Gasteiger partial charge < -0.3 is 20.1 Å². The normalized spacial score (nSPS) is 12.8. The van der Waals surface area contributed by atoms with Crippen molar-refractivity contribution in [3.05, 3.63) is 29.8 Å². The highest BCUT2D eigenvalue weighted by atomic mass is 19.4. The molecule has 8 heteroatoms. The maximum absolute atomic E-state index is 12.4. The minimum atomic E-state index is -4.39. The Bertz CT molecular complexity index is 477. The molecule has 0 radical (unpaired) electrons. The molecule has 0 heterocycles. The van der Waals surface area contributed by atoms with Crippen LogP contribution in [-0.2, 0) is 11.0 Å². The molecule has 0 aliphatic heterocycles. The zero-order valence-corrected chi connectivity index (χ0v) is 12.4. The molecule has 124 valence electrons. The number of amides is 1. The van der Waals surface area contributed by atoms with Gasteiger partial charge in [0.1, 0.15) is 18.5 Å². The van der Waals surface area contributed by atoms with Crippen LogP contribution < -0.4 is 10.1 Å². The first-order chi connectivity index (χ1) is 10.2.